The topological polar surface area (TPSA) is 22.1 Å². The zero-order valence-corrected chi connectivity index (χ0v) is 8.64. The van der Waals surface area contributed by atoms with Crippen molar-refractivity contribution in [2.24, 2.45) is 0 Å². The monoisotopic (exact) mass is 239 g/mol. The van der Waals surface area contributed by atoms with Crippen LogP contribution >= 0.6 is 11.6 Å². The van der Waals surface area contributed by atoms with E-state index in [2.05, 4.69) is 4.98 Å². The van der Waals surface area contributed by atoms with Gasteiger partial charge in [-0.05, 0) is 13.0 Å². The lowest BCUT2D eigenvalue weighted by atomic mass is 10.3. The highest BCUT2D eigenvalue weighted by Gasteiger charge is 2.38. The molecule has 0 amide bonds. The van der Waals surface area contributed by atoms with E-state index in [9.17, 15) is 13.2 Å². The number of pyridine rings is 1. The highest BCUT2D eigenvalue weighted by atomic mass is 35.5. The van der Waals surface area contributed by atoms with Crippen molar-refractivity contribution in [1.82, 2.24) is 4.98 Å². The molecule has 0 saturated carbocycles. The van der Waals surface area contributed by atoms with Crippen LogP contribution in [0.2, 0.25) is 0 Å². The van der Waals surface area contributed by atoms with Crippen LogP contribution in [0.1, 0.15) is 12.5 Å². The largest absolute Gasteiger partial charge is 0.481 e. The van der Waals surface area contributed by atoms with Gasteiger partial charge in [0.15, 0.2) is 6.10 Å². The summed E-state index contributed by atoms with van der Waals surface area (Å²) in [5.41, 5.74) is 0.440. The summed E-state index contributed by atoms with van der Waals surface area (Å²) in [6, 6.07) is 1.36. The Morgan fingerprint density at radius 2 is 2.20 bits per heavy atom. The second-order valence-corrected chi connectivity index (χ2v) is 3.19. The molecule has 1 aromatic rings. The third kappa shape index (κ3) is 3.27. The van der Waals surface area contributed by atoms with Crippen LogP contribution in [0.15, 0.2) is 18.5 Å². The summed E-state index contributed by atoms with van der Waals surface area (Å²) < 4.78 is 41.3. The molecule has 0 radical (unpaired) electrons. The number of halogens is 4. The molecular formula is C9H9ClF3NO. The molecule has 1 unspecified atom stereocenters. The lowest BCUT2D eigenvalue weighted by molar-refractivity contribution is -0.189. The first-order valence-corrected chi connectivity index (χ1v) is 4.71. The quantitative estimate of drug-likeness (QED) is 0.756. The third-order valence-corrected chi connectivity index (χ3v) is 2.06. The Hall–Kier alpha value is -0.970. The van der Waals surface area contributed by atoms with Gasteiger partial charge in [-0.3, -0.25) is 4.98 Å². The van der Waals surface area contributed by atoms with Gasteiger partial charge in [-0.25, -0.2) is 0 Å². The number of hydrogen-bond acceptors (Lipinski definition) is 2. The van der Waals surface area contributed by atoms with Crippen LogP contribution in [0.3, 0.4) is 0 Å². The highest BCUT2D eigenvalue weighted by molar-refractivity contribution is 6.17. The van der Waals surface area contributed by atoms with Gasteiger partial charge < -0.3 is 4.74 Å². The van der Waals surface area contributed by atoms with Crippen LogP contribution in [-0.4, -0.2) is 17.3 Å². The molecule has 0 N–H and O–H groups in total. The molecule has 0 aromatic carbocycles. The first kappa shape index (κ1) is 12.1. The highest BCUT2D eigenvalue weighted by Crippen LogP contribution is 2.27. The molecule has 0 aliphatic carbocycles. The van der Waals surface area contributed by atoms with Crippen LogP contribution < -0.4 is 4.74 Å². The Kier molecular flexibility index (Phi) is 3.79. The maximum atomic E-state index is 12.2. The second-order valence-electron chi connectivity index (χ2n) is 2.92. The molecule has 6 heteroatoms. The average Bonchev–Trinajstić information content (AvgIpc) is 2.17. The van der Waals surface area contributed by atoms with Crippen LogP contribution in [0.25, 0.3) is 0 Å². The molecule has 0 spiro atoms. The first-order valence-electron chi connectivity index (χ1n) is 4.17. The number of aromatic nitrogens is 1. The van der Waals surface area contributed by atoms with E-state index in [0.29, 0.717) is 5.56 Å². The summed E-state index contributed by atoms with van der Waals surface area (Å²) in [5.74, 6) is 0.179. The zero-order chi connectivity index (χ0) is 11.5. The molecule has 0 aliphatic rings. The molecule has 0 saturated heterocycles. The number of ether oxygens (including phenoxy) is 1. The van der Waals surface area contributed by atoms with E-state index in [1.165, 1.54) is 18.5 Å². The van der Waals surface area contributed by atoms with Crippen LogP contribution in [0, 0.1) is 0 Å². The van der Waals surface area contributed by atoms with E-state index in [1.807, 2.05) is 0 Å². The van der Waals surface area contributed by atoms with E-state index in [0.717, 1.165) is 6.92 Å². The van der Waals surface area contributed by atoms with Crippen molar-refractivity contribution >= 4 is 11.6 Å². The van der Waals surface area contributed by atoms with Gasteiger partial charge in [0.2, 0.25) is 0 Å². The molecule has 0 aliphatic heterocycles. The molecule has 0 bridgehead atoms. The van der Waals surface area contributed by atoms with Crippen molar-refractivity contribution in [2.45, 2.75) is 25.1 Å². The fourth-order valence-corrected chi connectivity index (χ4v) is 1.09. The van der Waals surface area contributed by atoms with Gasteiger partial charge in [0.1, 0.15) is 5.75 Å². The Labute approximate surface area is 90.0 Å². The van der Waals surface area contributed by atoms with Crippen molar-refractivity contribution < 1.29 is 17.9 Å². The molecule has 1 atom stereocenters. The predicted octanol–water partition coefficient (Wildman–Crippen LogP) is 3.15. The number of hydrogen-bond donors (Lipinski definition) is 0. The molecular weight excluding hydrogens is 231 g/mol. The van der Waals surface area contributed by atoms with Gasteiger partial charge in [-0.15, -0.1) is 11.6 Å². The fraction of sp³-hybridized carbons (Fsp3) is 0.444. The lowest BCUT2D eigenvalue weighted by Crippen LogP contribution is -2.31. The smallest absolute Gasteiger partial charge is 0.425 e. The Balaban J connectivity index is 2.80. The maximum absolute atomic E-state index is 12.2. The normalized spacial score (nSPS) is 13.7. The van der Waals surface area contributed by atoms with Gasteiger partial charge in [0.25, 0.3) is 0 Å². The van der Waals surface area contributed by atoms with Crippen molar-refractivity contribution in [3.8, 4) is 5.75 Å². The van der Waals surface area contributed by atoms with E-state index < -0.39 is 12.3 Å². The molecule has 84 valence electrons. The van der Waals surface area contributed by atoms with Gasteiger partial charge in [-0.2, -0.15) is 13.2 Å². The first-order chi connectivity index (χ1) is 6.95. The van der Waals surface area contributed by atoms with Crippen molar-refractivity contribution in [2.75, 3.05) is 0 Å². The molecule has 15 heavy (non-hydrogen) atoms. The van der Waals surface area contributed by atoms with Crippen molar-refractivity contribution in [3.05, 3.63) is 24.0 Å². The standard InChI is InChI=1S/C9H9ClF3NO/c1-6(9(11,12)13)15-8-2-3-14-5-7(8)4-10/h2-3,5-6H,4H2,1H3. The molecule has 1 rings (SSSR count). The Morgan fingerprint density at radius 3 is 2.73 bits per heavy atom. The van der Waals surface area contributed by atoms with Crippen molar-refractivity contribution in [3.63, 3.8) is 0 Å². The zero-order valence-electron chi connectivity index (χ0n) is 7.88. The van der Waals surface area contributed by atoms with Gasteiger partial charge in [0.05, 0.1) is 5.88 Å². The molecule has 1 aromatic heterocycles. The molecule has 0 fully saturated rings. The van der Waals surface area contributed by atoms with Gasteiger partial charge >= 0.3 is 6.18 Å². The minimum Gasteiger partial charge on any atom is -0.481 e. The SMILES string of the molecule is CC(Oc1ccncc1CCl)C(F)(F)F. The van der Waals surface area contributed by atoms with Crippen LogP contribution in [0.5, 0.6) is 5.75 Å². The minimum absolute atomic E-state index is 0.0632. The van der Waals surface area contributed by atoms with E-state index >= 15 is 0 Å². The summed E-state index contributed by atoms with van der Waals surface area (Å²) in [5, 5.41) is 0. The average molecular weight is 240 g/mol. The number of alkyl halides is 4. The maximum Gasteiger partial charge on any atom is 0.425 e. The van der Waals surface area contributed by atoms with Crippen molar-refractivity contribution in [1.29, 1.82) is 0 Å². The Bertz CT molecular complexity index is 329. The fourth-order valence-electron chi connectivity index (χ4n) is 0.887. The summed E-state index contributed by atoms with van der Waals surface area (Å²) in [6.07, 6.45) is -3.51. The summed E-state index contributed by atoms with van der Waals surface area (Å²) in [7, 11) is 0. The Morgan fingerprint density at radius 1 is 1.53 bits per heavy atom. The van der Waals surface area contributed by atoms with Crippen LogP contribution in [-0.2, 0) is 5.88 Å². The predicted molar refractivity (Wildman–Crippen MR) is 49.9 cm³/mol. The van der Waals surface area contributed by atoms with E-state index in [-0.39, 0.29) is 11.6 Å². The number of nitrogens with zero attached hydrogens (tertiary/aromatic N) is 1. The second kappa shape index (κ2) is 4.70. The lowest BCUT2D eigenvalue weighted by Gasteiger charge is -2.18. The molecule has 1 heterocycles. The summed E-state index contributed by atoms with van der Waals surface area (Å²) in [4.78, 5) is 3.74. The van der Waals surface area contributed by atoms with Crippen LogP contribution in [0.4, 0.5) is 13.2 Å². The summed E-state index contributed by atoms with van der Waals surface area (Å²) >= 11 is 5.53. The number of rotatable bonds is 3. The summed E-state index contributed by atoms with van der Waals surface area (Å²) in [6.45, 7) is 0.943. The van der Waals surface area contributed by atoms with E-state index in [1.54, 1.807) is 0 Å². The van der Waals surface area contributed by atoms with E-state index in [4.69, 9.17) is 16.3 Å². The van der Waals surface area contributed by atoms with Gasteiger partial charge in [0, 0.05) is 18.0 Å². The third-order valence-electron chi connectivity index (χ3n) is 1.77. The minimum atomic E-state index is -4.38. The molecule has 2 nitrogen and oxygen atoms in total. The van der Waals surface area contributed by atoms with Gasteiger partial charge in [-0.1, -0.05) is 0 Å².